The fraction of sp³-hybridized carbons (Fsp3) is 0.286. The van der Waals surface area contributed by atoms with Crippen LogP contribution in [-0.4, -0.2) is 44.1 Å². The van der Waals surface area contributed by atoms with E-state index < -0.39 is 23.6 Å². The van der Waals surface area contributed by atoms with Crippen molar-refractivity contribution in [2.75, 3.05) is 6.61 Å². The highest BCUT2D eigenvalue weighted by Gasteiger charge is 2.19. The van der Waals surface area contributed by atoms with Gasteiger partial charge in [0.25, 0.3) is 0 Å². The summed E-state index contributed by atoms with van der Waals surface area (Å²) in [5.74, 6) is -1.32. The lowest BCUT2D eigenvalue weighted by Gasteiger charge is -2.17. The number of pyridine rings is 1. The summed E-state index contributed by atoms with van der Waals surface area (Å²) in [6, 6.07) is 4.30. The first-order valence-electron chi connectivity index (χ1n) is 6.31. The number of hydrogen-bond acceptors (Lipinski definition) is 5. The molecule has 1 heterocycles. The molecule has 0 aliphatic heterocycles. The number of carboxylic acids is 1. The Kier molecular flexibility index (Phi) is 4.37. The minimum Gasteiger partial charge on any atom is -0.477 e. The Bertz CT molecular complexity index is 723. The minimum atomic E-state index is -1.32. The van der Waals surface area contributed by atoms with E-state index in [1.54, 1.807) is 0 Å². The molecule has 2 unspecified atom stereocenters. The number of nitrogens with one attached hydrogen (secondary N) is 1. The Hall–Kier alpha value is -2.22. The van der Waals surface area contributed by atoms with Gasteiger partial charge < -0.3 is 25.4 Å². The maximum Gasteiger partial charge on any atom is 0.341 e. The summed E-state index contributed by atoms with van der Waals surface area (Å²) in [4.78, 5) is 25.5. The molecule has 0 fully saturated rings. The highest BCUT2D eigenvalue weighted by Crippen LogP contribution is 2.21. The van der Waals surface area contributed by atoms with Crippen molar-refractivity contribution in [1.82, 2.24) is 4.98 Å². The second-order valence-corrected chi connectivity index (χ2v) is 4.67. The number of aromatic nitrogens is 1. The number of aliphatic hydroxyl groups is 3. The van der Waals surface area contributed by atoms with Crippen LogP contribution in [0, 0.1) is 0 Å². The van der Waals surface area contributed by atoms with Gasteiger partial charge in [0.1, 0.15) is 11.7 Å². The average molecular weight is 293 g/mol. The SMILES string of the molecule is O=C(O)c1c[nH]c2cc(C(O)C(O)CCO)ccc2c1=O. The highest BCUT2D eigenvalue weighted by molar-refractivity contribution is 5.92. The molecule has 7 heteroatoms. The van der Waals surface area contributed by atoms with Gasteiger partial charge in [-0.25, -0.2) is 4.79 Å². The molecule has 21 heavy (non-hydrogen) atoms. The van der Waals surface area contributed by atoms with E-state index >= 15 is 0 Å². The summed E-state index contributed by atoms with van der Waals surface area (Å²) < 4.78 is 0. The van der Waals surface area contributed by atoms with Crippen LogP contribution in [0.4, 0.5) is 0 Å². The predicted molar refractivity (Wildman–Crippen MR) is 74.2 cm³/mol. The van der Waals surface area contributed by atoms with Crippen LogP contribution in [0.5, 0.6) is 0 Å². The van der Waals surface area contributed by atoms with E-state index in [0.29, 0.717) is 11.1 Å². The fourth-order valence-electron chi connectivity index (χ4n) is 2.09. The quantitative estimate of drug-likeness (QED) is 0.527. The van der Waals surface area contributed by atoms with Gasteiger partial charge in [-0.1, -0.05) is 6.07 Å². The van der Waals surface area contributed by atoms with Gasteiger partial charge in [0, 0.05) is 23.7 Å². The van der Waals surface area contributed by atoms with E-state index in [1.807, 2.05) is 0 Å². The van der Waals surface area contributed by atoms with Gasteiger partial charge in [0.2, 0.25) is 5.43 Å². The number of carbonyl (C=O) groups is 1. The zero-order chi connectivity index (χ0) is 15.6. The molecule has 1 aromatic carbocycles. The standard InChI is InChI=1S/C14H15NO6/c16-4-3-11(17)12(18)7-1-2-8-10(5-7)15-6-9(13(8)19)14(20)21/h1-2,5-6,11-12,16-18H,3-4H2,(H,15,19)(H,20,21). The van der Waals surface area contributed by atoms with E-state index in [2.05, 4.69) is 4.98 Å². The molecule has 0 amide bonds. The van der Waals surface area contributed by atoms with Crippen molar-refractivity contribution in [3.8, 4) is 0 Å². The molecule has 0 spiro atoms. The molecule has 0 aliphatic rings. The van der Waals surface area contributed by atoms with Crippen molar-refractivity contribution in [2.24, 2.45) is 0 Å². The number of aliphatic hydroxyl groups excluding tert-OH is 3. The molecule has 1 aromatic heterocycles. The van der Waals surface area contributed by atoms with Crippen molar-refractivity contribution < 1.29 is 25.2 Å². The molecule has 0 saturated carbocycles. The first-order valence-corrected chi connectivity index (χ1v) is 6.31. The van der Waals surface area contributed by atoms with Crippen molar-refractivity contribution in [3.05, 3.63) is 45.7 Å². The van der Waals surface area contributed by atoms with Gasteiger partial charge >= 0.3 is 5.97 Å². The van der Waals surface area contributed by atoms with E-state index in [-0.39, 0.29) is 24.0 Å². The third-order valence-corrected chi connectivity index (χ3v) is 3.27. The Labute approximate surface area is 119 Å². The summed E-state index contributed by atoms with van der Waals surface area (Å²) >= 11 is 0. The number of H-pyrrole nitrogens is 1. The molecular formula is C14H15NO6. The monoisotopic (exact) mass is 293 g/mol. The van der Waals surface area contributed by atoms with Crippen LogP contribution >= 0.6 is 0 Å². The van der Waals surface area contributed by atoms with Crippen LogP contribution in [0.15, 0.2) is 29.2 Å². The number of carboxylic acid groups (broad SMARTS) is 1. The van der Waals surface area contributed by atoms with E-state index in [4.69, 9.17) is 10.2 Å². The van der Waals surface area contributed by atoms with Crippen LogP contribution in [0.1, 0.15) is 28.4 Å². The largest absolute Gasteiger partial charge is 0.477 e. The molecule has 112 valence electrons. The van der Waals surface area contributed by atoms with Gasteiger partial charge in [-0.15, -0.1) is 0 Å². The number of hydrogen-bond donors (Lipinski definition) is 5. The number of rotatable bonds is 5. The molecular weight excluding hydrogens is 278 g/mol. The number of fused-ring (bicyclic) bond motifs is 1. The lowest BCUT2D eigenvalue weighted by atomic mass is 10.0. The first-order chi connectivity index (χ1) is 9.95. The predicted octanol–water partition coefficient (Wildman–Crippen LogP) is 0.00300. The van der Waals surface area contributed by atoms with Crippen molar-refractivity contribution in [3.63, 3.8) is 0 Å². The van der Waals surface area contributed by atoms with Gasteiger partial charge in [0.15, 0.2) is 0 Å². The molecule has 2 aromatic rings. The van der Waals surface area contributed by atoms with Crippen LogP contribution < -0.4 is 5.43 Å². The summed E-state index contributed by atoms with van der Waals surface area (Å²) in [7, 11) is 0. The van der Waals surface area contributed by atoms with Gasteiger partial charge in [-0.05, 0) is 24.1 Å². The van der Waals surface area contributed by atoms with Gasteiger partial charge in [-0.3, -0.25) is 4.79 Å². The smallest absolute Gasteiger partial charge is 0.341 e. The Balaban J connectivity index is 2.46. The van der Waals surface area contributed by atoms with Crippen molar-refractivity contribution in [2.45, 2.75) is 18.6 Å². The normalized spacial score (nSPS) is 14.0. The lowest BCUT2D eigenvalue weighted by molar-refractivity contribution is 0.00428. The van der Waals surface area contributed by atoms with Crippen molar-refractivity contribution >= 4 is 16.9 Å². The second-order valence-electron chi connectivity index (χ2n) is 4.67. The zero-order valence-corrected chi connectivity index (χ0v) is 11.0. The van der Waals surface area contributed by atoms with Crippen LogP contribution in [-0.2, 0) is 0 Å². The number of aromatic amines is 1. The highest BCUT2D eigenvalue weighted by atomic mass is 16.4. The second kappa shape index (κ2) is 6.04. The van der Waals surface area contributed by atoms with Crippen molar-refractivity contribution in [1.29, 1.82) is 0 Å². The van der Waals surface area contributed by atoms with E-state index in [0.717, 1.165) is 6.20 Å². The first kappa shape index (κ1) is 15.2. The molecule has 0 radical (unpaired) electrons. The zero-order valence-electron chi connectivity index (χ0n) is 11.0. The fourth-order valence-corrected chi connectivity index (χ4v) is 2.09. The topological polar surface area (TPSA) is 131 Å². The Morgan fingerprint density at radius 3 is 2.62 bits per heavy atom. The van der Waals surface area contributed by atoms with Gasteiger partial charge in [0.05, 0.1) is 6.10 Å². The summed E-state index contributed by atoms with van der Waals surface area (Å²) in [6.07, 6.45) is -1.22. The van der Waals surface area contributed by atoms with Gasteiger partial charge in [-0.2, -0.15) is 0 Å². The molecule has 0 saturated heterocycles. The summed E-state index contributed by atoms with van der Waals surface area (Å²) in [6.45, 7) is -0.259. The molecule has 2 atom stereocenters. The molecule has 7 nitrogen and oxygen atoms in total. The van der Waals surface area contributed by atoms with Crippen LogP contribution in [0.25, 0.3) is 10.9 Å². The molecule has 0 bridgehead atoms. The molecule has 0 aliphatic carbocycles. The summed E-state index contributed by atoms with van der Waals surface area (Å²) in [5, 5.41) is 37.4. The maximum atomic E-state index is 11.9. The molecule has 2 rings (SSSR count). The Morgan fingerprint density at radius 2 is 2.00 bits per heavy atom. The number of aromatic carboxylic acids is 1. The van der Waals surface area contributed by atoms with Crippen LogP contribution in [0.2, 0.25) is 0 Å². The van der Waals surface area contributed by atoms with E-state index in [9.17, 15) is 19.8 Å². The third kappa shape index (κ3) is 2.94. The van der Waals surface area contributed by atoms with Crippen LogP contribution in [0.3, 0.4) is 0 Å². The maximum absolute atomic E-state index is 11.9. The van der Waals surface area contributed by atoms with E-state index in [1.165, 1.54) is 18.2 Å². The lowest BCUT2D eigenvalue weighted by Crippen LogP contribution is -2.20. The molecule has 5 N–H and O–H groups in total. The Morgan fingerprint density at radius 1 is 1.29 bits per heavy atom. The summed E-state index contributed by atoms with van der Waals surface area (Å²) in [5.41, 5.74) is -0.260. The average Bonchev–Trinajstić information content (AvgIpc) is 2.46. The number of benzene rings is 1. The third-order valence-electron chi connectivity index (χ3n) is 3.27. The minimum absolute atomic E-state index is 0.0215.